The first kappa shape index (κ1) is 28.2. The third kappa shape index (κ3) is 4.91. The monoisotopic (exact) mass is 586 g/mol. The molecule has 1 spiro atoms. The summed E-state index contributed by atoms with van der Waals surface area (Å²) in [5.74, 6) is 0.0812. The van der Waals surface area contributed by atoms with Gasteiger partial charge in [0, 0.05) is 48.4 Å². The Morgan fingerprint density at radius 3 is 2.33 bits per heavy atom. The largest absolute Gasteiger partial charge is 0.395 e. The lowest BCUT2D eigenvalue weighted by Crippen LogP contribution is -2.52. The SMILES string of the molecule is O=C1CC[C@H](N2Cc3c(N[C@@H](C4CCC(NCC5(C(F)(F)F)CC5)CC4)C4CC5(CCC5)C4)cccc3C2=O)C(=O)N1. The van der Waals surface area contributed by atoms with Crippen molar-refractivity contribution >= 4 is 23.4 Å². The fraction of sp³-hybridized carbons (Fsp3) is 0.719. The van der Waals surface area contributed by atoms with E-state index < -0.39 is 23.5 Å². The van der Waals surface area contributed by atoms with Crippen LogP contribution in [0, 0.1) is 22.7 Å². The second kappa shape index (κ2) is 10.2. The van der Waals surface area contributed by atoms with Crippen molar-refractivity contribution in [3.8, 4) is 0 Å². The molecular weight excluding hydrogens is 545 g/mol. The standard InChI is InChI=1S/C32H41F3N4O3/c33-32(34,35)31(13-14-31)18-36-21-7-5-19(6-8-21)27(20-15-30(16-20)11-2-12-30)37-24-4-1-3-22-23(24)17-39(29(22)42)25-9-10-26(40)38-28(25)41/h1,3-4,19-21,25,27,36-37H,2,5-18H2,(H,38,40,41)/t19?,21?,25-,27-/m0/s1. The van der Waals surface area contributed by atoms with Crippen LogP contribution in [0.15, 0.2) is 18.2 Å². The maximum atomic E-state index is 13.4. The molecule has 228 valence electrons. The first-order chi connectivity index (χ1) is 20.1. The number of fused-ring (bicyclic) bond motifs is 1. The van der Waals surface area contributed by atoms with E-state index in [2.05, 4.69) is 16.0 Å². The van der Waals surface area contributed by atoms with Crippen LogP contribution in [0.4, 0.5) is 18.9 Å². The van der Waals surface area contributed by atoms with Crippen LogP contribution in [-0.2, 0) is 16.1 Å². The van der Waals surface area contributed by atoms with E-state index in [0.717, 1.165) is 36.9 Å². The molecule has 7 nitrogen and oxygen atoms in total. The van der Waals surface area contributed by atoms with Crippen molar-refractivity contribution in [1.82, 2.24) is 15.5 Å². The number of halogens is 3. The summed E-state index contributed by atoms with van der Waals surface area (Å²) in [5.41, 5.74) is 1.46. The Kier molecular flexibility index (Phi) is 6.87. The molecule has 0 unspecified atom stereocenters. The van der Waals surface area contributed by atoms with Crippen LogP contribution >= 0.6 is 0 Å². The molecule has 6 aliphatic rings. The molecule has 3 N–H and O–H groups in total. The van der Waals surface area contributed by atoms with Crippen molar-refractivity contribution in [1.29, 1.82) is 0 Å². The third-order valence-corrected chi connectivity index (χ3v) is 11.7. The smallest absolute Gasteiger partial charge is 0.381 e. The highest BCUT2D eigenvalue weighted by atomic mass is 19.4. The summed E-state index contributed by atoms with van der Waals surface area (Å²) in [6, 6.07) is 5.47. The Balaban J connectivity index is 1.04. The fourth-order valence-corrected chi connectivity index (χ4v) is 8.65. The number of alkyl halides is 3. The second-order valence-electron chi connectivity index (χ2n) is 14.2. The van der Waals surface area contributed by atoms with E-state index >= 15 is 0 Å². The zero-order chi connectivity index (χ0) is 29.3. The molecule has 5 fully saturated rings. The third-order valence-electron chi connectivity index (χ3n) is 11.7. The maximum absolute atomic E-state index is 13.4. The van der Waals surface area contributed by atoms with Crippen molar-refractivity contribution < 1.29 is 27.6 Å². The van der Waals surface area contributed by atoms with Gasteiger partial charge < -0.3 is 15.5 Å². The normalized spacial score (nSPS) is 30.8. The van der Waals surface area contributed by atoms with Crippen LogP contribution in [0.2, 0.25) is 0 Å². The quantitative estimate of drug-likeness (QED) is 0.360. The molecule has 7 rings (SSSR count). The van der Waals surface area contributed by atoms with Crippen LogP contribution in [0.25, 0.3) is 0 Å². The predicted octanol–water partition coefficient (Wildman–Crippen LogP) is 5.30. The Morgan fingerprint density at radius 1 is 0.976 bits per heavy atom. The van der Waals surface area contributed by atoms with Crippen molar-refractivity contribution in [3.05, 3.63) is 29.3 Å². The molecule has 0 radical (unpaired) electrons. The number of benzene rings is 1. The minimum Gasteiger partial charge on any atom is -0.381 e. The van der Waals surface area contributed by atoms with Gasteiger partial charge in [0.05, 0.1) is 5.41 Å². The predicted molar refractivity (Wildman–Crippen MR) is 150 cm³/mol. The summed E-state index contributed by atoms with van der Waals surface area (Å²) in [4.78, 5) is 39.2. The zero-order valence-electron chi connectivity index (χ0n) is 24.0. The molecule has 0 aromatic heterocycles. The van der Waals surface area contributed by atoms with E-state index in [0.29, 0.717) is 35.8 Å². The molecule has 10 heteroatoms. The van der Waals surface area contributed by atoms with Gasteiger partial charge in [0.2, 0.25) is 11.8 Å². The van der Waals surface area contributed by atoms with Gasteiger partial charge in [0.15, 0.2) is 0 Å². The van der Waals surface area contributed by atoms with Crippen molar-refractivity contribution in [3.63, 3.8) is 0 Å². The molecule has 2 aliphatic heterocycles. The fourth-order valence-electron chi connectivity index (χ4n) is 8.65. The Hall–Kier alpha value is -2.62. The van der Waals surface area contributed by atoms with Crippen LogP contribution < -0.4 is 16.0 Å². The molecule has 4 saturated carbocycles. The minimum absolute atomic E-state index is 0.0342. The van der Waals surface area contributed by atoms with Crippen molar-refractivity contribution in [2.24, 2.45) is 22.7 Å². The van der Waals surface area contributed by atoms with E-state index in [-0.39, 0.29) is 49.7 Å². The van der Waals surface area contributed by atoms with Crippen LogP contribution in [0.5, 0.6) is 0 Å². The van der Waals surface area contributed by atoms with Gasteiger partial charge in [-0.1, -0.05) is 12.5 Å². The molecule has 3 amide bonds. The second-order valence-corrected chi connectivity index (χ2v) is 14.2. The maximum Gasteiger partial charge on any atom is 0.395 e. The summed E-state index contributed by atoms with van der Waals surface area (Å²) >= 11 is 0. The summed E-state index contributed by atoms with van der Waals surface area (Å²) in [6.45, 7) is 0.370. The van der Waals surface area contributed by atoms with Crippen molar-refractivity contribution in [2.45, 2.75) is 114 Å². The van der Waals surface area contributed by atoms with Crippen LogP contribution in [-0.4, -0.2) is 53.5 Å². The molecule has 0 bridgehead atoms. The van der Waals surface area contributed by atoms with Crippen molar-refractivity contribution in [2.75, 3.05) is 11.9 Å². The molecule has 4 aliphatic carbocycles. The highest BCUT2D eigenvalue weighted by molar-refractivity contribution is 6.06. The average Bonchev–Trinajstić information content (AvgIpc) is 3.64. The summed E-state index contributed by atoms with van der Waals surface area (Å²) < 4.78 is 40.3. The first-order valence-corrected chi connectivity index (χ1v) is 15.9. The first-order valence-electron chi connectivity index (χ1n) is 15.9. The number of hydrogen-bond donors (Lipinski definition) is 3. The topological polar surface area (TPSA) is 90.5 Å². The Labute approximate surface area is 244 Å². The molecule has 1 aromatic rings. The number of hydrogen-bond acceptors (Lipinski definition) is 5. The lowest BCUT2D eigenvalue weighted by atomic mass is 9.49. The number of nitrogens with one attached hydrogen (secondary N) is 3. The lowest BCUT2D eigenvalue weighted by molar-refractivity contribution is -0.186. The summed E-state index contributed by atoms with van der Waals surface area (Å²) in [7, 11) is 0. The highest BCUT2D eigenvalue weighted by Crippen LogP contribution is 2.61. The van der Waals surface area contributed by atoms with E-state index in [1.807, 2.05) is 18.2 Å². The molecule has 1 aromatic carbocycles. The number of rotatable bonds is 8. The van der Waals surface area contributed by atoms with E-state index in [1.54, 1.807) is 4.90 Å². The van der Waals surface area contributed by atoms with Gasteiger partial charge in [0.25, 0.3) is 5.91 Å². The number of anilines is 1. The zero-order valence-corrected chi connectivity index (χ0v) is 24.0. The minimum atomic E-state index is -4.13. The van der Waals surface area contributed by atoms with Crippen LogP contribution in [0.1, 0.15) is 99.4 Å². The van der Waals surface area contributed by atoms with E-state index in [1.165, 1.54) is 32.1 Å². The summed E-state index contributed by atoms with van der Waals surface area (Å²) in [5, 5.41) is 9.55. The van der Waals surface area contributed by atoms with Gasteiger partial charge in [0.1, 0.15) is 6.04 Å². The number of nitrogens with zero attached hydrogens (tertiary/aromatic N) is 1. The highest BCUT2D eigenvalue weighted by Gasteiger charge is 2.63. The average molecular weight is 587 g/mol. The number of carbonyl (C=O) groups is 3. The molecule has 2 atom stereocenters. The Bertz CT molecular complexity index is 1260. The van der Waals surface area contributed by atoms with E-state index in [9.17, 15) is 27.6 Å². The molecule has 1 saturated heterocycles. The number of piperidine rings is 1. The van der Waals surface area contributed by atoms with Gasteiger partial charge in [-0.15, -0.1) is 0 Å². The van der Waals surface area contributed by atoms with Gasteiger partial charge in [-0.05, 0) is 100 Å². The Morgan fingerprint density at radius 2 is 1.71 bits per heavy atom. The van der Waals surface area contributed by atoms with Gasteiger partial charge in [-0.25, -0.2) is 0 Å². The number of carbonyl (C=O) groups excluding carboxylic acids is 3. The van der Waals surface area contributed by atoms with E-state index in [4.69, 9.17) is 0 Å². The summed E-state index contributed by atoms with van der Waals surface area (Å²) in [6.07, 6.45) is 6.95. The van der Waals surface area contributed by atoms with Gasteiger partial charge in [-0.2, -0.15) is 13.2 Å². The number of amides is 3. The number of imide groups is 1. The van der Waals surface area contributed by atoms with Gasteiger partial charge in [-0.3, -0.25) is 19.7 Å². The molecule has 42 heavy (non-hydrogen) atoms. The lowest BCUT2D eigenvalue weighted by Gasteiger charge is -2.58. The molecular formula is C32H41F3N4O3. The molecule has 2 heterocycles. The van der Waals surface area contributed by atoms with Gasteiger partial charge >= 0.3 is 6.18 Å². The van der Waals surface area contributed by atoms with Crippen LogP contribution in [0.3, 0.4) is 0 Å².